The lowest BCUT2D eigenvalue weighted by Gasteiger charge is -2.21. The van der Waals surface area contributed by atoms with Crippen molar-refractivity contribution in [1.82, 2.24) is 10.3 Å². The van der Waals surface area contributed by atoms with Crippen molar-refractivity contribution in [2.24, 2.45) is 0 Å². The molecule has 6 nitrogen and oxygen atoms in total. The molecule has 1 aromatic heterocycles. The van der Waals surface area contributed by atoms with E-state index in [9.17, 15) is 9.59 Å². The Hall–Kier alpha value is -2.89. The van der Waals surface area contributed by atoms with Gasteiger partial charge in [0.15, 0.2) is 12.9 Å². The highest BCUT2D eigenvalue weighted by Gasteiger charge is 2.12. The predicted octanol–water partition coefficient (Wildman–Crippen LogP) is 2.97. The quantitative estimate of drug-likeness (QED) is 0.762. The van der Waals surface area contributed by atoms with Gasteiger partial charge in [0.2, 0.25) is 0 Å². The molecule has 1 aliphatic rings. The number of pyridine rings is 1. The van der Waals surface area contributed by atoms with Crippen molar-refractivity contribution in [3.8, 4) is 5.75 Å². The molecule has 1 N–H and O–H groups in total. The van der Waals surface area contributed by atoms with Crippen LogP contribution in [0.2, 0.25) is 0 Å². The number of rotatable bonds is 7. The molecule has 0 radical (unpaired) electrons. The number of hydrogen-bond donors (Lipinski definition) is 1. The zero-order chi connectivity index (χ0) is 18.9. The number of anilines is 1. The maximum Gasteiger partial charge on any atom is 0.258 e. The second-order valence-electron chi connectivity index (χ2n) is 6.64. The number of aldehydes is 1. The average Bonchev–Trinajstić information content (AvgIpc) is 3.01. The van der Waals surface area contributed by atoms with Crippen LogP contribution in [0.1, 0.15) is 41.6 Å². The molecule has 0 spiro atoms. The van der Waals surface area contributed by atoms with Crippen LogP contribution in [0.15, 0.2) is 42.6 Å². The summed E-state index contributed by atoms with van der Waals surface area (Å²) in [5.41, 5.74) is 1.44. The molecule has 1 aliphatic heterocycles. The van der Waals surface area contributed by atoms with Crippen molar-refractivity contribution < 1.29 is 14.3 Å². The highest BCUT2D eigenvalue weighted by atomic mass is 16.5. The first-order chi connectivity index (χ1) is 13.3. The second-order valence-corrected chi connectivity index (χ2v) is 6.64. The van der Waals surface area contributed by atoms with Crippen molar-refractivity contribution in [3.63, 3.8) is 0 Å². The van der Waals surface area contributed by atoms with Gasteiger partial charge in [0, 0.05) is 25.8 Å². The molecule has 6 heteroatoms. The summed E-state index contributed by atoms with van der Waals surface area (Å²) in [6.45, 7) is 2.36. The second kappa shape index (κ2) is 9.71. The summed E-state index contributed by atoms with van der Waals surface area (Å²) in [6, 6.07) is 10.8. The lowest BCUT2D eigenvalue weighted by atomic mass is 10.2. The number of hydrogen-bond acceptors (Lipinski definition) is 5. The Labute approximate surface area is 159 Å². The SMILES string of the molecule is O=Cc1ccccc1OCC(=O)NCc1ccnc(N2CCCCCC2)c1. The van der Waals surface area contributed by atoms with Crippen molar-refractivity contribution >= 4 is 18.0 Å². The first kappa shape index (κ1) is 18.9. The molecule has 1 amide bonds. The normalized spacial score (nSPS) is 14.3. The third-order valence-corrected chi connectivity index (χ3v) is 4.63. The first-order valence-corrected chi connectivity index (χ1v) is 9.40. The highest BCUT2D eigenvalue weighted by molar-refractivity contribution is 5.80. The van der Waals surface area contributed by atoms with Gasteiger partial charge in [0.1, 0.15) is 11.6 Å². The molecule has 1 saturated heterocycles. The molecule has 2 aromatic rings. The molecule has 27 heavy (non-hydrogen) atoms. The molecule has 1 fully saturated rings. The standard InChI is InChI=1S/C21H25N3O3/c25-15-18-7-3-4-8-19(18)27-16-21(26)23-14-17-9-10-22-20(13-17)24-11-5-1-2-6-12-24/h3-4,7-10,13,15H,1-2,5-6,11-12,14,16H2,(H,23,26). The van der Waals surface area contributed by atoms with Gasteiger partial charge in [-0.2, -0.15) is 0 Å². The third kappa shape index (κ3) is 5.54. The molecule has 3 rings (SSSR count). The minimum absolute atomic E-state index is 0.130. The van der Waals surface area contributed by atoms with E-state index in [-0.39, 0.29) is 12.5 Å². The Kier molecular flexibility index (Phi) is 6.79. The van der Waals surface area contributed by atoms with Crippen LogP contribution in [-0.4, -0.2) is 36.9 Å². The number of amides is 1. The molecule has 2 heterocycles. The Bertz CT molecular complexity index is 771. The summed E-state index contributed by atoms with van der Waals surface area (Å²) in [4.78, 5) is 29.8. The molecule has 0 unspecified atom stereocenters. The van der Waals surface area contributed by atoms with E-state index in [4.69, 9.17) is 4.74 Å². The van der Waals surface area contributed by atoms with Crippen molar-refractivity contribution in [2.45, 2.75) is 32.2 Å². The van der Waals surface area contributed by atoms with Crippen LogP contribution in [0, 0.1) is 0 Å². The molecule has 142 valence electrons. The molecule has 0 saturated carbocycles. The van der Waals surface area contributed by atoms with Crippen LogP contribution in [0.4, 0.5) is 5.82 Å². The maximum atomic E-state index is 12.1. The molecule has 1 aromatic carbocycles. The number of benzene rings is 1. The number of nitrogens with zero attached hydrogens (tertiary/aromatic N) is 2. The van der Waals surface area contributed by atoms with E-state index in [2.05, 4.69) is 15.2 Å². The topological polar surface area (TPSA) is 71.5 Å². The van der Waals surface area contributed by atoms with E-state index >= 15 is 0 Å². The smallest absolute Gasteiger partial charge is 0.258 e. The van der Waals surface area contributed by atoms with Gasteiger partial charge in [0.25, 0.3) is 5.91 Å². The summed E-state index contributed by atoms with van der Waals surface area (Å²) >= 11 is 0. The van der Waals surface area contributed by atoms with Crippen LogP contribution in [0.5, 0.6) is 5.75 Å². The van der Waals surface area contributed by atoms with E-state index < -0.39 is 0 Å². The van der Waals surface area contributed by atoms with Crippen LogP contribution < -0.4 is 15.0 Å². The van der Waals surface area contributed by atoms with E-state index in [1.807, 2.05) is 12.1 Å². The third-order valence-electron chi connectivity index (χ3n) is 4.63. The van der Waals surface area contributed by atoms with Gasteiger partial charge >= 0.3 is 0 Å². The largest absolute Gasteiger partial charge is 0.483 e. The Morgan fingerprint density at radius 1 is 1.15 bits per heavy atom. The van der Waals surface area contributed by atoms with Gasteiger partial charge in [-0.05, 0) is 42.7 Å². The monoisotopic (exact) mass is 367 g/mol. The molecular weight excluding hydrogens is 342 g/mol. The fourth-order valence-corrected chi connectivity index (χ4v) is 3.15. The fourth-order valence-electron chi connectivity index (χ4n) is 3.15. The van der Waals surface area contributed by atoms with Crippen LogP contribution >= 0.6 is 0 Å². The average molecular weight is 367 g/mol. The van der Waals surface area contributed by atoms with Crippen molar-refractivity contribution in [3.05, 3.63) is 53.7 Å². The van der Waals surface area contributed by atoms with E-state index in [1.165, 1.54) is 25.7 Å². The van der Waals surface area contributed by atoms with Gasteiger partial charge in [0.05, 0.1) is 5.56 Å². The Morgan fingerprint density at radius 2 is 1.93 bits per heavy atom. The van der Waals surface area contributed by atoms with Gasteiger partial charge in [-0.25, -0.2) is 4.98 Å². The van der Waals surface area contributed by atoms with Gasteiger partial charge in [-0.1, -0.05) is 25.0 Å². The Balaban J connectivity index is 1.51. The number of carbonyl (C=O) groups excluding carboxylic acids is 2. The zero-order valence-electron chi connectivity index (χ0n) is 15.4. The summed E-state index contributed by atoms with van der Waals surface area (Å²) in [5.74, 6) is 1.15. The molecule has 0 aliphatic carbocycles. The van der Waals surface area contributed by atoms with Crippen LogP contribution in [0.3, 0.4) is 0 Å². The number of ether oxygens (including phenoxy) is 1. The van der Waals surface area contributed by atoms with E-state index in [0.717, 1.165) is 24.5 Å². The molecule has 0 bridgehead atoms. The summed E-state index contributed by atoms with van der Waals surface area (Å²) in [7, 11) is 0. The number of carbonyl (C=O) groups is 2. The van der Waals surface area contributed by atoms with Crippen molar-refractivity contribution in [1.29, 1.82) is 0 Å². The first-order valence-electron chi connectivity index (χ1n) is 9.40. The number of para-hydroxylation sites is 1. The van der Waals surface area contributed by atoms with E-state index in [0.29, 0.717) is 24.1 Å². The summed E-state index contributed by atoms with van der Waals surface area (Å²) < 4.78 is 5.45. The number of aromatic nitrogens is 1. The summed E-state index contributed by atoms with van der Waals surface area (Å²) in [5, 5.41) is 2.85. The van der Waals surface area contributed by atoms with Crippen molar-refractivity contribution in [2.75, 3.05) is 24.6 Å². The summed E-state index contributed by atoms with van der Waals surface area (Å²) in [6.07, 6.45) is 7.45. The molecule has 0 atom stereocenters. The Morgan fingerprint density at radius 3 is 2.70 bits per heavy atom. The highest BCUT2D eigenvalue weighted by Crippen LogP contribution is 2.18. The minimum atomic E-state index is -0.233. The zero-order valence-corrected chi connectivity index (χ0v) is 15.4. The van der Waals surface area contributed by atoms with Gasteiger partial charge in [-0.15, -0.1) is 0 Å². The molecular formula is C21H25N3O3. The lowest BCUT2D eigenvalue weighted by molar-refractivity contribution is -0.123. The predicted molar refractivity (Wildman–Crippen MR) is 104 cm³/mol. The maximum absolute atomic E-state index is 12.1. The number of nitrogens with one attached hydrogen (secondary N) is 1. The van der Waals surface area contributed by atoms with Crippen LogP contribution in [-0.2, 0) is 11.3 Å². The van der Waals surface area contributed by atoms with Gasteiger partial charge < -0.3 is 15.0 Å². The fraction of sp³-hybridized carbons (Fsp3) is 0.381. The minimum Gasteiger partial charge on any atom is -0.483 e. The lowest BCUT2D eigenvalue weighted by Crippen LogP contribution is -2.29. The van der Waals surface area contributed by atoms with Crippen LogP contribution in [0.25, 0.3) is 0 Å². The van der Waals surface area contributed by atoms with E-state index in [1.54, 1.807) is 30.5 Å². The van der Waals surface area contributed by atoms with Gasteiger partial charge in [-0.3, -0.25) is 9.59 Å².